The zero-order valence-electron chi connectivity index (χ0n) is 3.64. The Morgan fingerprint density at radius 1 is 1.67 bits per heavy atom. The van der Waals surface area contributed by atoms with E-state index in [1.165, 1.54) is 0 Å². The van der Waals surface area contributed by atoms with Crippen LogP contribution >= 0.6 is 0 Å². The van der Waals surface area contributed by atoms with Crippen LogP contribution in [0.25, 0.3) is 0 Å². The summed E-state index contributed by atoms with van der Waals surface area (Å²) in [6, 6.07) is 3.79. The van der Waals surface area contributed by atoms with Crippen molar-refractivity contribution in [1.29, 1.82) is 0 Å². The molecule has 0 radical (unpaired) electrons. The van der Waals surface area contributed by atoms with E-state index < -0.39 is 0 Å². The molecule has 0 unspecified atom stereocenters. The Kier molecular flexibility index (Phi) is 0.675. The van der Waals surface area contributed by atoms with Crippen molar-refractivity contribution < 1.29 is 4.42 Å². The standard InChI is InChI=1S/C5H6O/c1-5-3-2-4-6-5/h2-4H,1H3/i1+2. The average molecular weight is 84.1 g/mol. The molecule has 0 N–H and O–H groups in total. The fraction of sp³-hybridized carbons (Fsp3) is 0.200. The van der Waals surface area contributed by atoms with Gasteiger partial charge in [0.05, 0.1) is 6.26 Å². The maximum atomic E-state index is 4.83. The molecular formula is C5H6O. The van der Waals surface area contributed by atoms with Crippen LogP contribution in [0.5, 0.6) is 0 Å². The van der Waals surface area contributed by atoms with Crippen LogP contribution in [0, 0.1) is 6.92 Å². The van der Waals surface area contributed by atoms with Crippen LogP contribution < -0.4 is 0 Å². The van der Waals surface area contributed by atoms with E-state index in [1.54, 1.807) is 6.26 Å². The lowest BCUT2D eigenvalue weighted by Crippen LogP contribution is -1.48. The van der Waals surface area contributed by atoms with Crippen molar-refractivity contribution in [2.45, 2.75) is 6.92 Å². The van der Waals surface area contributed by atoms with Crippen LogP contribution in [0.15, 0.2) is 22.8 Å². The zero-order valence-corrected chi connectivity index (χ0v) is 3.64. The summed E-state index contributed by atoms with van der Waals surface area (Å²) < 4.78 is 4.83. The monoisotopic (exact) mass is 84.0 g/mol. The summed E-state index contributed by atoms with van der Waals surface area (Å²) in [6.45, 7) is 1.92. The fourth-order valence-corrected chi connectivity index (χ4v) is 0.361. The molecule has 32 valence electrons. The van der Waals surface area contributed by atoms with Gasteiger partial charge in [-0.1, -0.05) is 0 Å². The van der Waals surface area contributed by atoms with Crippen molar-refractivity contribution >= 4 is 0 Å². The van der Waals surface area contributed by atoms with Crippen LogP contribution in [0.4, 0.5) is 0 Å². The molecule has 0 spiro atoms. The molecule has 1 aromatic rings. The van der Waals surface area contributed by atoms with Gasteiger partial charge in [-0.05, 0) is 19.1 Å². The second-order valence-corrected chi connectivity index (χ2v) is 1.22. The van der Waals surface area contributed by atoms with Crippen molar-refractivity contribution in [3.8, 4) is 0 Å². The Bertz CT molecular complexity index is 107. The highest BCUT2D eigenvalue weighted by atomic mass is 16.3. The minimum absolute atomic E-state index is 0.968. The van der Waals surface area contributed by atoms with Gasteiger partial charge in [0, 0.05) is 0 Å². The van der Waals surface area contributed by atoms with Gasteiger partial charge in [-0.25, -0.2) is 0 Å². The highest BCUT2D eigenvalue weighted by Crippen LogP contribution is 1.93. The van der Waals surface area contributed by atoms with E-state index in [1.807, 2.05) is 19.1 Å². The topological polar surface area (TPSA) is 13.1 Å². The minimum atomic E-state index is 0.968. The van der Waals surface area contributed by atoms with Crippen LogP contribution in [0.2, 0.25) is 0 Å². The number of aryl methyl sites for hydroxylation is 1. The average Bonchev–Trinajstić information content (AvgIpc) is 1.86. The summed E-state index contributed by atoms with van der Waals surface area (Å²) in [5.74, 6) is 0.968. The number of hydrogen-bond acceptors (Lipinski definition) is 1. The number of hydrogen-bond donors (Lipinski definition) is 0. The molecule has 1 heterocycles. The van der Waals surface area contributed by atoms with Gasteiger partial charge in [0.15, 0.2) is 0 Å². The van der Waals surface area contributed by atoms with Crippen LogP contribution in [0.1, 0.15) is 5.76 Å². The zero-order chi connectivity index (χ0) is 4.41. The maximum absolute atomic E-state index is 4.83. The normalized spacial score (nSPS) is 8.83. The highest BCUT2D eigenvalue weighted by Gasteiger charge is 1.75. The number of rotatable bonds is 0. The molecule has 1 nitrogen and oxygen atoms in total. The van der Waals surface area contributed by atoms with E-state index in [4.69, 9.17) is 4.42 Å². The van der Waals surface area contributed by atoms with Gasteiger partial charge in [-0.15, -0.1) is 0 Å². The summed E-state index contributed by atoms with van der Waals surface area (Å²) in [5, 5.41) is 0. The third kappa shape index (κ3) is 0.432. The Morgan fingerprint density at radius 3 is 2.67 bits per heavy atom. The fourth-order valence-electron chi connectivity index (χ4n) is 0.361. The smallest absolute Gasteiger partial charge is 0.100 e. The number of furan rings is 1. The Balaban J connectivity index is 3.05. The summed E-state index contributed by atoms with van der Waals surface area (Å²) in [5.41, 5.74) is 0. The van der Waals surface area contributed by atoms with Gasteiger partial charge in [0.25, 0.3) is 0 Å². The third-order valence-electron chi connectivity index (χ3n) is 0.663. The SMILES string of the molecule is [14CH3]c1ccco1. The quantitative estimate of drug-likeness (QED) is 0.465. The predicted molar refractivity (Wildman–Crippen MR) is 23.4 cm³/mol. The third-order valence-corrected chi connectivity index (χ3v) is 0.663. The van der Waals surface area contributed by atoms with Gasteiger partial charge < -0.3 is 4.42 Å². The Morgan fingerprint density at radius 2 is 2.50 bits per heavy atom. The minimum Gasteiger partial charge on any atom is -0.470 e. The van der Waals surface area contributed by atoms with E-state index in [9.17, 15) is 0 Å². The molecule has 0 aliphatic rings. The molecule has 0 aliphatic heterocycles. The largest absolute Gasteiger partial charge is 0.470 e. The van der Waals surface area contributed by atoms with Crippen LogP contribution in [-0.4, -0.2) is 0 Å². The molecule has 0 saturated carbocycles. The van der Waals surface area contributed by atoms with Crippen molar-refractivity contribution in [3.63, 3.8) is 0 Å². The molecule has 0 bridgehead atoms. The van der Waals surface area contributed by atoms with E-state index in [0.29, 0.717) is 0 Å². The molecular weight excluding hydrogens is 78.0 g/mol. The van der Waals surface area contributed by atoms with Gasteiger partial charge in [-0.3, -0.25) is 0 Å². The van der Waals surface area contributed by atoms with Gasteiger partial charge in [0.2, 0.25) is 0 Å². The molecule has 0 saturated heterocycles. The lowest BCUT2D eigenvalue weighted by atomic mass is 10.6. The van der Waals surface area contributed by atoms with Crippen molar-refractivity contribution in [2.75, 3.05) is 0 Å². The van der Waals surface area contributed by atoms with Crippen molar-refractivity contribution in [1.82, 2.24) is 0 Å². The van der Waals surface area contributed by atoms with Crippen LogP contribution in [0.3, 0.4) is 0 Å². The summed E-state index contributed by atoms with van der Waals surface area (Å²) >= 11 is 0. The van der Waals surface area contributed by atoms with Gasteiger partial charge >= 0.3 is 0 Å². The van der Waals surface area contributed by atoms with E-state index >= 15 is 0 Å². The van der Waals surface area contributed by atoms with E-state index in [-0.39, 0.29) is 0 Å². The maximum Gasteiger partial charge on any atom is 0.100 e. The molecule has 1 rings (SSSR count). The summed E-state index contributed by atoms with van der Waals surface area (Å²) in [6.07, 6.45) is 1.66. The Labute approximate surface area is 36.6 Å². The lowest BCUT2D eigenvalue weighted by molar-refractivity contribution is 0.534. The molecule has 0 amide bonds. The first-order valence-electron chi connectivity index (χ1n) is 1.90. The summed E-state index contributed by atoms with van der Waals surface area (Å²) in [7, 11) is 0. The summed E-state index contributed by atoms with van der Waals surface area (Å²) in [4.78, 5) is 0. The second-order valence-electron chi connectivity index (χ2n) is 1.22. The molecule has 1 aromatic heterocycles. The Hall–Kier alpha value is -0.720. The highest BCUT2D eigenvalue weighted by molar-refractivity contribution is 4.93. The first kappa shape index (κ1) is 3.47. The molecule has 0 aromatic carbocycles. The van der Waals surface area contributed by atoms with Gasteiger partial charge in [-0.2, -0.15) is 0 Å². The van der Waals surface area contributed by atoms with E-state index in [0.717, 1.165) is 5.76 Å². The second kappa shape index (κ2) is 1.17. The van der Waals surface area contributed by atoms with Gasteiger partial charge in [0.1, 0.15) is 5.76 Å². The molecule has 1 heteroatoms. The molecule has 0 aliphatic carbocycles. The van der Waals surface area contributed by atoms with Crippen molar-refractivity contribution in [3.05, 3.63) is 24.2 Å². The first-order chi connectivity index (χ1) is 2.89. The predicted octanol–water partition coefficient (Wildman–Crippen LogP) is 1.59. The molecule has 0 fully saturated rings. The van der Waals surface area contributed by atoms with Crippen LogP contribution in [-0.2, 0) is 0 Å². The first-order valence-corrected chi connectivity index (χ1v) is 1.90. The van der Waals surface area contributed by atoms with Crippen molar-refractivity contribution in [2.24, 2.45) is 0 Å². The molecule has 0 atom stereocenters. The molecule has 6 heavy (non-hydrogen) atoms. The van der Waals surface area contributed by atoms with E-state index in [2.05, 4.69) is 0 Å². The lowest BCUT2D eigenvalue weighted by Gasteiger charge is -1.69.